The van der Waals surface area contributed by atoms with Crippen LogP contribution in [0.25, 0.3) is 0 Å². The van der Waals surface area contributed by atoms with E-state index in [0.29, 0.717) is 13.1 Å². The molecule has 0 fully saturated rings. The molecule has 0 aliphatic carbocycles. The molecule has 0 aliphatic heterocycles. The Hall–Kier alpha value is -0.320. The average Bonchev–Trinajstić information content (AvgIpc) is 2.15. The van der Waals surface area contributed by atoms with Gasteiger partial charge >= 0.3 is 5.97 Å². The summed E-state index contributed by atoms with van der Waals surface area (Å²) >= 11 is 0. The number of rotatable bonds is 7. The van der Waals surface area contributed by atoms with Crippen LogP contribution in [0.2, 0.25) is 0 Å². The SMILES string of the molecule is NCCNCC(N)C(O)(CO)C(O)(O)O. The van der Waals surface area contributed by atoms with Crippen molar-refractivity contribution < 1.29 is 25.5 Å². The first kappa shape index (κ1) is 14.7. The number of aliphatic hydroxyl groups excluding tert-OH is 1. The number of hydrogen-bond donors (Lipinski definition) is 8. The Morgan fingerprint density at radius 3 is 2.07 bits per heavy atom. The summed E-state index contributed by atoms with van der Waals surface area (Å²) in [4.78, 5) is 0. The molecule has 0 heterocycles. The molecule has 8 nitrogen and oxygen atoms in total. The van der Waals surface area contributed by atoms with Crippen LogP contribution in [0.4, 0.5) is 0 Å². The molecular formula is C7H19N3O5. The number of hydrogen-bond acceptors (Lipinski definition) is 8. The monoisotopic (exact) mass is 225 g/mol. The molecule has 2 unspecified atom stereocenters. The van der Waals surface area contributed by atoms with E-state index >= 15 is 0 Å². The first-order chi connectivity index (χ1) is 6.79. The minimum absolute atomic E-state index is 0.0440. The molecule has 0 spiro atoms. The molecule has 0 radical (unpaired) electrons. The molecule has 0 amide bonds. The van der Waals surface area contributed by atoms with E-state index in [9.17, 15) is 5.11 Å². The van der Waals surface area contributed by atoms with Crippen molar-refractivity contribution in [1.82, 2.24) is 5.32 Å². The van der Waals surface area contributed by atoms with Crippen molar-refractivity contribution in [3.8, 4) is 0 Å². The lowest BCUT2D eigenvalue weighted by atomic mass is 9.92. The van der Waals surface area contributed by atoms with Gasteiger partial charge < -0.3 is 42.3 Å². The van der Waals surface area contributed by atoms with Crippen molar-refractivity contribution in [2.45, 2.75) is 17.6 Å². The first-order valence-electron chi connectivity index (χ1n) is 4.46. The fraction of sp³-hybridized carbons (Fsp3) is 1.00. The summed E-state index contributed by atoms with van der Waals surface area (Å²) in [7, 11) is 0. The summed E-state index contributed by atoms with van der Waals surface area (Å²) in [5.74, 6) is -3.47. The lowest BCUT2D eigenvalue weighted by molar-refractivity contribution is -0.399. The highest BCUT2D eigenvalue weighted by atomic mass is 16.7. The van der Waals surface area contributed by atoms with Crippen LogP contribution >= 0.6 is 0 Å². The largest absolute Gasteiger partial charge is 0.393 e. The standard InChI is InChI=1S/C7H19N3O5/c8-1-2-10-3-5(9)6(12,4-11)7(13,14)15/h5,10-15H,1-4,8-9H2. The van der Waals surface area contributed by atoms with Crippen LogP contribution in [0, 0.1) is 0 Å². The number of aliphatic hydroxyl groups is 5. The Balaban J connectivity index is 4.39. The van der Waals surface area contributed by atoms with Crippen molar-refractivity contribution in [2.75, 3.05) is 26.2 Å². The molecule has 92 valence electrons. The van der Waals surface area contributed by atoms with Gasteiger partial charge in [0.25, 0.3) is 0 Å². The van der Waals surface area contributed by atoms with Gasteiger partial charge in [0.2, 0.25) is 0 Å². The van der Waals surface area contributed by atoms with Gasteiger partial charge in [-0.15, -0.1) is 0 Å². The molecule has 2 atom stereocenters. The third-order valence-electron chi connectivity index (χ3n) is 2.12. The Bertz CT molecular complexity index is 186. The van der Waals surface area contributed by atoms with Crippen LogP contribution in [0.5, 0.6) is 0 Å². The van der Waals surface area contributed by atoms with Gasteiger partial charge in [-0.05, 0) is 0 Å². The maximum atomic E-state index is 9.53. The van der Waals surface area contributed by atoms with E-state index in [1.54, 1.807) is 0 Å². The van der Waals surface area contributed by atoms with Gasteiger partial charge in [0, 0.05) is 19.6 Å². The highest BCUT2D eigenvalue weighted by Crippen LogP contribution is 2.19. The van der Waals surface area contributed by atoms with Gasteiger partial charge in [-0.1, -0.05) is 0 Å². The molecule has 0 aliphatic rings. The molecule has 10 N–H and O–H groups in total. The second kappa shape index (κ2) is 5.68. The van der Waals surface area contributed by atoms with E-state index in [2.05, 4.69) is 5.32 Å². The second-order valence-corrected chi connectivity index (χ2v) is 3.32. The van der Waals surface area contributed by atoms with Gasteiger partial charge in [0.15, 0.2) is 5.60 Å². The van der Waals surface area contributed by atoms with Gasteiger partial charge in [-0.2, -0.15) is 0 Å². The quantitative estimate of drug-likeness (QED) is 0.158. The van der Waals surface area contributed by atoms with Gasteiger partial charge in [0.05, 0.1) is 12.6 Å². The molecule has 0 aromatic carbocycles. The molecule has 0 aromatic rings. The fourth-order valence-corrected chi connectivity index (χ4v) is 1.00. The molecule has 0 rings (SSSR count). The molecule has 0 bridgehead atoms. The minimum atomic E-state index is -3.47. The van der Waals surface area contributed by atoms with Crippen molar-refractivity contribution in [1.29, 1.82) is 0 Å². The second-order valence-electron chi connectivity index (χ2n) is 3.32. The van der Waals surface area contributed by atoms with E-state index in [-0.39, 0.29) is 6.54 Å². The lowest BCUT2D eigenvalue weighted by Crippen LogP contribution is -2.68. The van der Waals surface area contributed by atoms with Gasteiger partial charge in [-0.3, -0.25) is 0 Å². The molecule has 8 heteroatoms. The van der Waals surface area contributed by atoms with Crippen LogP contribution in [0.3, 0.4) is 0 Å². The lowest BCUT2D eigenvalue weighted by Gasteiger charge is -2.38. The predicted molar refractivity (Wildman–Crippen MR) is 51.3 cm³/mol. The van der Waals surface area contributed by atoms with E-state index in [4.69, 9.17) is 31.9 Å². The van der Waals surface area contributed by atoms with Crippen molar-refractivity contribution in [3.05, 3.63) is 0 Å². The molecule has 0 saturated heterocycles. The van der Waals surface area contributed by atoms with Crippen LogP contribution < -0.4 is 16.8 Å². The van der Waals surface area contributed by atoms with Gasteiger partial charge in [0.1, 0.15) is 0 Å². The zero-order valence-electron chi connectivity index (χ0n) is 8.30. The summed E-state index contributed by atoms with van der Waals surface area (Å²) in [6.45, 7) is -0.392. The normalized spacial score (nSPS) is 18.6. The number of nitrogens with one attached hydrogen (secondary N) is 1. The summed E-state index contributed by atoms with van der Waals surface area (Å²) in [5, 5.41) is 47.5. The van der Waals surface area contributed by atoms with E-state index in [1.165, 1.54) is 0 Å². The molecule has 0 aromatic heterocycles. The minimum Gasteiger partial charge on any atom is -0.393 e. The third kappa shape index (κ3) is 3.63. The predicted octanol–water partition coefficient (Wildman–Crippen LogP) is -4.78. The fourth-order valence-electron chi connectivity index (χ4n) is 1.00. The van der Waals surface area contributed by atoms with Crippen LogP contribution in [0.1, 0.15) is 0 Å². The van der Waals surface area contributed by atoms with Gasteiger partial charge in [-0.25, -0.2) is 0 Å². The van der Waals surface area contributed by atoms with E-state index in [0.717, 1.165) is 0 Å². The zero-order chi connectivity index (χ0) is 12.1. The van der Waals surface area contributed by atoms with E-state index < -0.39 is 24.2 Å². The van der Waals surface area contributed by atoms with E-state index in [1.807, 2.05) is 0 Å². The highest BCUT2D eigenvalue weighted by Gasteiger charge is 2.51. The maximum Gasteiger partial charge on any atom is 0.310 e. The molecule has 0 saturated carbocycles. The molecule has 15 heavy (non-hydrogen) atoms. The average molecular weight is 225 g/mol. The Labute approximate surface area is 87.1 Å². The smallest absolute Gasteiger partial charge is 0.310 e. The third-order valence-corrected chi connectivity index (χ3v) is 2.12. The maximum absolute atomic E-state index is 9.53. The van der Waals surface area contributed by atoms with Crippen LogP contribution in [-0.4, -0.2) is 69.4 Å². The Kier molecular flexibility index (Phi) is 5.56. The summed E-state index contributed by atoms with van der Waals surface area (Å²) < 4.78 is 0. The zero-order valence-corrected chi connectivity index (χ0v) is 8.30. The van der Waals surface area contributed by atoms with Crippen molar-refractivity contribution >= 4 is 0 Å². The van der Waals surface area contributed by atoms with Crippen LogP contribution in [-0.2, 0) is 0 Å². The highest BCUT2D eigenvalue weighted by molar-refractivity contribution is 4.95. The van der Waals surface area contributed by atoms with Crippen LogP contribution in [0.15, 0.2) is 0 Å². The first-order valence-corrected chi connectivity index (χ1v) is 4.46. The Morgan fingerprint density at radius 2 is 1.73 bits per heavy atom. The van der Waals surface area contributed by atoms with Crippen molar-refractivity contribution in [3.63, 3.8) is 0 Å². The summed E-state index contributed by atoms with van der Waals surface area (Å²) in [5.41, 5.74) is 7.96. The summed E-state index contributed by atoms with van der Waals surface area (Å²) in [6, 6.07) is -1.27. The Morgan fingerprint density at radius 1 is 1.20 bits per heavy atom. The topological polar surface area (TPSA) is 165 Å². The summed E-state index contributed by atoms with van der Waals surface area (Å²) in [6.07, 6.45) is 0. The molecular weight excluding hydrogens is 206 g/mol. The number of nitrogens with two attached hydrogens (primary N) is 2. The van der Waals surface area contributed by atoms with Crippen molar-refractivity contribution in [2.24, 2.45) is 11.5 Å².